The normalized spacial score (nSPS) is 13.3. The Hall–Kier alpha value is -0.840. The summed E-state index contributed by atoms with van der Waals surface area (Å²) in [5.41, 5.74) is 1.30. The molecule has 2 heterocycles. The predicted molar refractivity (Wildman–Crippen MR) is 59.3 cm³/mol. The summed E-state index contributed by atoms with van der Waals surface area (Å²) in [4.78, 5) is 11.4. The Morgan fingerprint density at radius 3 is 2.80 bits per heavy atom. The Labute approximate surface area is 96.6 Å². The van der Waals surface area contributed by atoms with Crippen LogP contribution in [0.1, 0.15) is 18.9 Å². The maximum atomic E-state index is 5.84. The van der Waals surface area contributed by atoms with E-state index in [1.54, 1.807) is 13.2 Å². The molecule has 0 amide bonds. The zero-order chi connectivity index (χ0) is 11.0. The van der Waals surface area contributed by atoms with Gasteiger partial charge in [-0.05, 0) is 13.0 Å². The highest BCUT2D eigenvalue weighted by Gasteiger charge is 2.12. The van der Waals surface area contributed by atoms with E-state index >= 15 is 0 Å². The molecule has 0 radical (unpaired) electrons. The van der Waals surface area contributed by atoms with E-state index < -0.39 is 0 Å². The lowest BCUT2D eigenvalue weighted by atomic mass is 10.4. The van der Waals surface area contributed by atoms with Crippen LogP contribution in [0.25, 0.3) is 11.2 Å². The third-order valence-electron chi connectivity index (χ3n) is 2.14. The van der Waals surface area contributed by atoms with Crippen LogP contribution in [0.5, 0.6) is 0 Å². The summed E-state index contributed by atoms with van der Waals surface area (Å²) in [6.07, 6.45) is -0.114. The summed E-state index contributed by atoms with van der Waals surface area (Å²) >= 11 is 11.6. The van der Waals surface area contributed by atoms with Crippen LogP contribution in [0.3, 0.4) is 0 Å². The SMILES string of the molecule is COC(C)c1nc2nc(Cl)c(Cl)cc2[nH]1. The molecule has 6 heteroatoms. The van der Waals surface area contributed by atoms with E-state index in [1.165, 1.54) is 0 Å². The lowest BCUT2D eigenvalue weighted by Gasteiger charge is -2.03. The van der Waals surface area contributed by atoms with Gasteiger partial charge in [0.05, 0.1) is 10.5 Å². The first-order valence-electron chi connectivity index (χ1n) is 4.36. The minimum Gasteiger partial charge on any atom is -0.374 e. The van der Waals surface area contributed by atoms with Gasteiger partial charge in [-0.3, -0.25) is 0 Å². The van der Waals surface area contributed by atoms with Crippen molar-refractivity contribution in [3.63, 3.8) is 0 Å². The first-order valence-corrected chi connectivity index (χ1v) is 5.12. The Bertz CT molecular complexity index is 458. The maximum absolute atomic E-state index is 5.84. The third-order valence-corrected chi connectivity index (χ3v) is 2.81. The van der Waals surface area contributed by atoms with Crippen molar-refractivity contribution >= 4 is 34.4 Å². The van der Waals surface area contributed by atoms with Crippen molar-refractivity contribution in [3.8, 4) is 0 Å². The van der Waals surface area contributed by atoms with Gasteiger partial charge in [0.25, 0.3) is 0 Å². The molecular weight excluding hydrogens is 237 g/mol. The summed E-state index contributed by atoms with van der Waals surface area (Å²) in [7, 11) is 1.62. The summed E-state index contributed by atoms with van der Waals surface area (Å²) in [5.74, 6) is 0.707. The molecule has 0 aliphatic carbocycles. The molecule has 15 heavy (non-hydrogen) atoms. The molecule has 0 fully saturated rings. The number of imidazole rings is 1. The van der Waals surface area contributed by atoms with E-state index in [4.69, 9.17) is 27.9 Å². The van der Waals surface area contributed by atoms with Crippen molar-refractivity contribution in [3.05, 3.63) is 22.1 Å². The number of nitrogens with zero attached hydrogens (tertiary/aromatic N) is 2. The number of methoxy groups -OCH3 is 1. The van der Waals surface area contributed by atoms with Gasteiger partial charge in [-0.2, -0.15) is 0 Å². The molecule has 2 rings (SSSR count). The van der Waals surface area contributed by atoms with Gasteiger partial charge in [-0.15, -0.1) is 0 Å². The number of aromatic amines is 1. The molecule has 0 aliphatic rings. The Kier molecular flexibility index (Phi) is 2.82. The smallest absolute Gasteiger partial charge is 0.179 e. The molecular formula is C9H9Cl2N3O. The van der Waals surface area contributed by atoms with E-state index in [0.717, 1.165) is 5.52 Å². The van der Waals surface area contributed by atoms with Gasteiger partial charge in [0, 0.05) is 7.11 Å². The highest BCUT2D eigenvalue weighted by Crippen LogP contribution is 2.24. The lowest BCUT2D eigenvalue weighted by molar-refractivity contribution is 0.113. The van der Waals surface area contributed by atoms with Crippen molar-refractivity contribution in [2.75, 3.05) is 7.11 Å². The first kappa shape index (κ1) is 10.7. The zero-order valence-corrected chi connectivity index (χ0v) is 9.73. The van der Waals surface area contributed by atoms with E-state index in [9.17, 15) is 0 Å². The van der Waals surface area contributed by atoms with Crippen LogP contribution in [-0.4, -0.2) is 22.1 Å². The number of aromatic nitrogens is 3. The second kappa shape index (κ2) is 3.96. The van der Waals surface area contributed by atoms with Crippen molar-refractivity contribution in [1.82, 2.24) is 15.0 Å². The van der Waals surface area contributed by atoms with Gasteiger partial charge < -0.3 is 9.72 Å². The van der Waals surface area contributed by atoms with E-state index in [-0.39, 0.29) is 11.3 Å². The number of fused-ring (bicyclic) bond motifs is 1. The fourth-order valence-electron chi connectivity index (χ4n) is 1.22. The highest BCUT2D eigenvalue weighted by atomic mass is 35.5. The van der Waals surface area contributed by atoms with E-state index in [2.05, 4.69) is 15.0 Å². The van der Waals surface area contributed by atoms with Crippen LogP contribution in [0.15, 0.2) is 6.07 Å². The fourth-order valence-corrected chi connectivity index (χ4v) is 1.50. The summed E-state index contributed by atoms with van der Waals surface area (Å²) in [6.45, 7) is 1.89. The maximum Gasteiger partial charge on any atom is 0.179 e. The number of hydrogen-bond acceptors (Lipinski definition) is 3. The molecule has 2 aromatic rings. The van der Waals surface area contributed by atoms with Crippen molar-refractivity contribution in [2.24, 2.45) is 0 Å². The number of rotatable bonds is 2. The number of hydrogen-bond donors (Lipinski definition) is 1. The summed E-state index contributed by atoms with van der Waals surface area (Å²) in [6, 6.07) is 1.70. The topological polar surface area (TPSA) is 50.8 Å². The van der Waals surface area contributed by atoms with Crippen LogP contribution in [0.2, 0.25) is 10.2 Å². The van der Waals surface area contributed by atoms with Crippen molar-refractivity contribution < 1.29 is 4.74 Å². The summed E-state index contributed by atoms with van der Waals surface area (Å²) < 4.78 is 5.14. The largest absolute Gasteiger partial charge is 0.374 e. The number of H-pyrrole nitrogens is 1. The minimum atomic E-state index is -0.114. The van der Waals surface area contributed by atoms with Gasteiger partial charge in [0.2, 0.25) is 0 Å². The molecule has 0 saturated carbocycles. The molecule has 1 unspecified atom stereocenters. The Morgan fingerprint density at radius 2 is 2.13 bits per heavy atom. The average molecular weight is 246 g/mol. The quantitative estimate of drug-likeness (QED) is 0.828. The number of halogens is 2. The van der Waals surface area contributed by atoms with Crippen molar-refractivity contribution in [1.29, 1.82) is 0 Å². The fraction of sp³-hybridized carbons (Fsp3) is 0.333. The molecule has 1 N–H and O–H groups in total. The monoisotopic (exact) mass is 245 g/mol. The predicted octanol–water partition coefficient (Wildman–Crippen LogP) is 2.97. The summed E-state index contributed by atoms with van der Waals surface area (Å²) in [5, 5.41) is 0.664. The minimum absolute atomic E-state index is 0.114. The molecule has 2 aromatic heterocycles. The van der Waals surface area contributed by atoms with Gasteiger partial charge in [-0.25, -0.2) is 9.97 Å². The zero-order valence-electron chi connectivity index (χ0n) is 8.21. The van der Waals surface area contributed by atoms with Gasteiger partial charge in [-0.1, -0.05) is 23.2 Å². The van der Waals surface area contributed by atoms with Gasteiger partial charge in [0.1, 0.15) is 17.1 Å². The molecule has 0 saturated heterocycles. The molecule has 1 atom stereocenters. The van der Waals surface area contributed by atoms with Crippen molar-refractivity contribution in [2.45, 2.75) is 13.0 Å². The molecule has 4 nitrogen and oxygen atoms in total. The van der Waals surface area contributed by atoms with Crippen LogP contribution >= 0.6 is 23.2 Å². The average Bonchev–Trinajstić information content (AvgIpc) is 2.60. The molecule has 0 spiro atoms. The number of pyridine rings is 1. The molecule has 0 aromatic carbocycles. The number of ether oxygens (including phenoxy) is 1. The van der Waals surface area contributed by atoms with E-state index in [1.807, 2.05) is 6.92 Å². The lowest BCUT2D eigenvalue weighted by Crippen LogP contribution is -1.97. The second-order valence-electron chi connectivity index (χ2n) is 3.13. The second-order valence-corrected chi connectivity index (χ2v) is 3.90. The molecule has 0 bridgehead atoms. The Morgan fingerprint density at radius 1 is 1.40 bits per heavy atom. The Balaban J connectivity index is 2.56. The van der Waals surface area contributed by atoms with Gasteiger partial charge in [0.15, 0.2) is 5.65 Å². The number of nitrogens with one attached hydrogen (secondary N) is 1. The van der Waals surface area contributed by atoms with Crippen LogP contribution in [0, 0.1) is 0 Å². The van der Waals surface area contributed by atoms with Crippen LogP contribution < -0.4 is 0 Å². The standard InChI is InChI=1S/C9H9Cl2N3O/c1-4(15-2)8-12-6-3-5(10)7(11)13-9(6)14-8/h3-4H,1-2H3,(H,12,13,14). The molecule has 80 valence electrons. The van der Waals surface area contributed by atoms with Crippen LogP contribution in [0.4, 0.5) is 0 Å². The van der Waals surface area contributed by atoms with E-state index in [0.29, 0.717) is 16.5 Å². The van der Waals surface area contributed by atoms with Crippen LogP contribution in [-0.2, 0) is 4.74 Å². The first-order chi connectivity index (χ1) is 7.11. The third kappa shape index (κ3) is 1.93. The molecule has 0 aliphatic heterocycles. The van der Waals surface area contributed by atoms with Gasteiger partial charge >= 0.3 is 0 Å². The highest BCUT2D eigenvalue weighted by molar-refractivity contribution is 6.41.